The molecule has 1 aromatic heterocycles. The zero-order valence-electron chi connectivity index (χ0n) is 9.26. The van der Waals surface area contributed by atoms with E-state index in [9.17, 15) is 4.79 Å². The van der Waals surface area contributed by atoms with E-state index >= 15 is 0 Å². The monoisotopic (exact) mass is 363 g/mol. The number of hydrogen-bond donors (Lipinski definition) is 1. The Bertz CT molecular complexity index is 612. The molecule has 2 rings (SSSR count). The molecule has 2 nitrogen and oxygen atoms in total. The molecule has 1 heterocycles. The van der Waals surface area contributed by atoms with Crippen molar-refractivity contribution >= 4 is 62.1 Å². The quantitative estimate of drug-likeness (QED) is 0.761. The summed E-state index contributed by atoms with van der Waals surface area (Å²) in [5.74, 6) is -0.201. The standard InChI is InChI=1S/C12H8BrCl2NOS/c1-6-4-7(13)9(5-8(6)14)16-12(17)10-2-3-11(15)18-10/h2-5H,1H3,(H,16,17). The number of halogens is 3. The van der Waals surface area contributed by atoms with Crippen LogP contribution < -0.4 is 5.32 Å². The summed E-state index contributed by atoms with van der Waals surface area (Å²) in [4.78, 5) is 12.5. The molecule has 1 aromatic carbocycles. The Morgan fingerprint density at radius 3 is 2.67 bits per heavy atom. The molecule has 0 atom stereocenters. The van der Waals surface area contributed by atoms with Gasteiger partial charge in [-0.1, -0.05) is 23.2 Å². The van der Waals surface area contributed by atoms with Gasteiger partial charge in [-0.15, -0.1) is 11.3 Å². The molecule has 0 unspecified atom stereocenters. The van der Waals surface area contributed by atoms with Gasteiger partial charge in [-0.25, -0.2) is 0 Å². The maximum atomic E-state index is 12.0. The molecule has 0 saturated carbocycles. The minimum Gasteiger partial charge on any atom is -0.320 e. The lowest BCUT2D eigenvalue weighted by Crippen LogP contribution is -2.10. The molecule has 6 heteroatoms. The van der Waals surface area contributed by atoms with Crippen molar-refractivity contribution in [1.29, 1.82) is 0 Å². The first kappa shape index (κ1) is 13.9. The minimum atomic E-state index is -0.201. The SMILES string of the molecule is Cc1cc(Br)c(NC(=O)c2ccc(Cl)s2)cc1Cl. The second kappa shape index (κ2) is 5.61. The van der Waals surface area contributed by atoms with Crippen LogP contribution >= 0.6 is 50.5 Å². The molecule has 1 N–H and O–H groups in total. The number of nitrogens with one attached hydrogen (secondary N) is 1. The van der Waals surface area contributed by atoms with E-state index in [1.807, 2.05) is 13.0 Å². The number of benzene rings is 1. The minimum absolute atomic E-state index is 0.201. The summed E-state index contributed by atoms with van der Waals surface area (Å²) in [6.45, 7) is 1.90. The predicted octanol–water partition coefficient (Wildman–Crippen LogP) is 5.38. The number of rotatable bonds is 2. The van der Waals surface area contributed by atoms with E-state index < -0.39 is 0 Å². The molecule has 94 valence electrons. The Balaban J connectivity index is 2.24. The second-order valence-corrected chi connectivity index (χ2v) is 6.62. The van der Waals surface area contributed by atoms with Crippen molar-refractivity contribution in [2.45, 2.75) is 6.92 Å². The van der Waals surface area contributed by atoms with Crippen molar-refractivity contribution in [3.63, 3.8) is 0 Å². The molecule has 0 saturated heterocycles. The lowest BCUT2D eigenvalue weighted by atomic mass is 10.2. The first-order chi connectivity index (χ1) is 8.47. The summed E-state index contributed by atoms with van der Waals surface area (Å²) in [6, 6.07) is 6.96. The fourth-order valence-electron chi connectivity index (χ4n) is 1.36. The van der Waals surface area contributed by atoms with Crippen LogP contribution in [0.1, 0.15) is 15.2 Å². The molecule has 2 aromatic rings. The van der Waals surface area contributed by atoms with Gasteiger partial charge in [0.2, 0.25) is 0 Å². The molecule has 0 bridgehead atoms. The van der Waals surface area contributed by atoms with Crippen molar-refractivity contribution in [2.24, 2.45) is 0 Å². The highest BCUT2D eigenvalue weighted by Gasteiger charge is 2.12. The van der Waals surface area contributed by atoms with Crippen molar-refractivity contribution in [3.8, 4) is 0 Å². The van der Waals surface area contributed by atoms with E-state index in [0.717, 1.165) is 10.0 Å². The van der Waals surface area contributed by atoms with Crippen LogP contribution in [0.25, 0.3) is 0 Å². The molecular formula is C12H8BrCl2NOS. The van der Waals surface area contributed by atoms with E-state index in [1.54, 1.807) is 18.2 Å². The number of amides is 1. The van der Waals surface area contributed by atoms with Crippen LogP contribution in [0.4, 0.5) is 5.69 Å². The summed E-state index contributed by atoms with van der Waals surface area (Å²) in [7, 11) is 0. The zero-order valence-corrected chi connectivity index (χ0v) is 13.2. The Labute approximate surface area is 127 Å². The largest absolute Gasteiger partial charge is 0.320 e. The Kier molecular flexibility index (Phi) is 4.33. The average Bonchev–Trinajstić information content (AvgIpc) is 2.73. The maximum Gasteiger partial charge on any atom is 0.265 e. The first-order valence-electron chi connectivity index (χ1n) is 4.99. The molecule has 0 aliphatic rings. The van der Waals surface area contributed by atoms with Gasteiger partial charge in [0, 0.05) is 9.50 Å². The number of carbonyl (C=O) groups is 1. The summed E-state index contributed by atoms with van der Waals surface area (Å²) in [6.07, 6.45) is 0. The Morgan fingerprint density at radius 1 is 1.33 bits per heavy atom. The smallest absolute Gasteiger partial charge is 0.265 e. The fourth-order valence-corrected chi connectivity index (χ4v) is 3.02. The van der Waals surface area contributed by atoms with Gasteiger partial charge < -0.3 is 5.32 Å². The van der Waals surface area contributed by atoms with E-state index in [1.165, 1.54) is 11.3 Å². The van der Waals surface area contributed by atoms with Crippen LogP contribution in [0.5, 0.6) is 0 Å². The number of carbonyl (C=O) groups excluding carboxylic acids is 1. The van der Waals surface area contributed by atoms with Crippen LogP contribution in [0.3, 0.4) is 0 Å². The normalized spacial score (nSPS) is 10.4. The third-order valence-corrected chi connectivity index (χ3v) is 4.59. The molecule has 18 heavy (non-hydrogen) atoms. The summed E-state index contributed by atoms with van der Waals surface area (Å²) < 4.78 is 1.38. The lowest BCUT2D eigenvalue weighted by Gasteiger charge is -2.08. The van der Waals surface area contributed by atoms with Gasteiger partial charge in [0.05, 0.1) is 14.9 Å². The van der Waals surface area contributed by atoms with Crippen LogP contribution in [0.15, 0.2) is 28.7 Å². The van der Waals surface area contributed by atoms with Crippen molar-refractivity contribution in [3.05, 3.63) is 48.5 Å². The molecule has 0 radical (unpaired) electrons. The van der Waals surface area contributed by atoms with Gasteiger partial charge in [0.15, 0.2) is 0 Å². The Morgan fingerprint density at radius 2 is 2.06 bits per heavy atom. The number of aryl methyl sites for hydroxylation is 1. The highest BCUT2D eigenvalue weighted by Crippen LogP contribution is 2.30. The van der Waals surface area contributed by atoms with Gasteiger partial charge >= 0.3 is 0 Å². The topological polar surface area (TPSA) is 29.1 Å². The molecule has 0 fully saturated rings. The van der Waals surface area contributed by atoms with Crippen LogP contribution in [-0.4, -0.2) is 5.91 Å². The Hall–Kier alpha value is -0.550. The average molecular weight is 365 g/mol. The molecular weight excluding hydrogens is 357 g/mol. The number of thiophene rings is 1. The third kappa shape index (κ3) is 3.06. The fraction of sp³-hybridized carbons (Fsp3) is 0.0833. The maximum absolute atomic E-state index is 12.0. The molecule has 0 spiro atoms. The van der Waals surface area contributed by atoms with Crippen molar-refractivity contribution in [1.82, 2.24) is 0 Å². The first-order valence-corrected chi connectivity index (χ1v) is 7.36. The van der Waals surface area contributed by atoms with Gasteiger partial charge in [-0.2, -0.15) is 0 Å². The van der Waals surface area contributed by atoms with E-state index in [2.05, 4.69) is 21.2 Å². The highest BCUT2D eigenvalue weighted by molar-refractivity contribution is 9.10. The summed E-state index contributed by atoms with van der Waals surface area (Å²) in [5.41, 5.74) is 1.58. The van der Waals surface area contributed by atoms with Gasteiger partial charge in [-0.3, -0.25) is 4.79 Å². The van der Waals surface area contributed by atoms with Crippen molar-refractivity contribution < 1.29 is 4.79 Å². The predicted molar refractivity (Wildman–Crippen MR) is 81.2 cm³/mol. The van der Waals surface area contributed by atoms with Gasteiger partial charge in [0.25, 0.3) is 5.91 Å². The van der Waals surface area contributed by atoms with Crippen molar-refractivity contribution in [2.75, 3.05) is 5.32 Å². The summed E-state index contributed by atoms with van der Waals surface area (Å²) in [5, 5.41) is 3.40. The van der Waals surface area contributed by atoms with Crippen LogP contribution in [0.2, 0.25) is 9.36 Å². The van der Waals surface area contributed by atoms with E-state index in [4.69, 9.17) is 23.2 Å². The zero-order chi connectivity index (χ0) is 13.3. The number of hydrogen-bond acceptors (Lipinski definition) is 2. The third-order valence-electron chi connectivity index (χ3n) is 2.29. The van der Waals surface area contributed by atoms with Gasteiger partial charge in [-0.05, 0) is 52.7 Å². The number of anilines is 1. The highest BCUT2D eigenvalue weighted by atomic mass is 79.9. The van der Waals surface area contributed by atoms with Gasteiger partial charge in [0.1, 0.15) is 0 Å². The summed E-state index contributed by atoms with van der Waals surface area (Å²) >= 11 is 16.4. The van der Waals surface area contributed by atoms with E-state index in [0.29, 0.717) is 19.9 Å². The lowest BCUT2D eigenvalue weighted by molar-refractivity contribution is 0.103. The van der Waals surface area contributed by atoms with Crippen LogP contribution in [-0.2, 0) is 0 Å². The molecule has 0 aliphatic heterocycles. The second-order valence-electron chi connectivity index (χ2n) is 3.64. The molecule has 1 amide bonds. The van der Waals surface area contributed by atoms with Crippen LogP contribution in [0, 0.1) is 6.92 Å². The van der Waals surface area contributed by atoms with E-state index in [-0.39, 0.29) is 5.91 Å². The molecule has 0 aliphatic carbocycles.